The number of rotatable bonds is 34. The SMILES string of the molecule is CCCCCCCCCCCCCCCCCCOCCCCCCCCCCCCCCCCCC.O=S(=O)(O)O.[NaH]. The van der Waals surface area contributed by atoms with E-state index in [2.05, 4.69) is 13.8 Å². The summed E-state index contributed by atoms with van der Waals surface area (Å²) >= 11 is 0. The fourth-order valence-electron chi connectivity index (χ4n) is 5.61. The number of hydrogen-bond donors (Lipinski definition) is 2. The summed E-state index contributed by atoms with van der Waals surface area (Å²) in [5.41, 5.74) is 0. The van der Waals surface area contributed by atoms with E-state index in [1.807, 2.05) is 0 Å². The Hall–Kier alpha value is 0.830. The Labute approximate surface area is 293 Å². The first kappa shape index (κ1) is 48.2. The van der Waals surface area contributed by atoms with Crippen molar-refractivity contribution in [3.05, 3.63) is 0 Å². The number of ether oxygens (including phenoxy) is 1. The second kappa shape index (κ2) is 42.8. The maximum absolute atomic E-state index is 8.74. The standard InChI is InChI=1S/C36H74O.Na.H2O4S.H/c1-3-5-7-9-11-13-15-17-19-21-23-25-27-29-31-33-35-37-36-34-32-30-28-26-24-22-20-18-16-14-12-10-8-6-4-2;;1-5(2,3)4;/h3-36H2,1-2H3;;(H2,1,2,3,4);. The van der Waals surface area contributed by atoms with E-state index in [0.717, 1.165) is 13.2 Å². The minimum absolute atomic E-state index is 0. The average molecular weight is 645 g/mol. The molecule has 0 heterocycles. The van der Waals surface area contributed by atoms with Crippen LogP contribution in [0.2, 0.25) is 0 Å². The van der Waals surface area contributed by atoms with Crippen molar-refractivity contribution < 1.29 is 22.3 Å². The zero-order valence-electron chi connectivity index (χ0n) is 28.6. The van der Waals surface area contributed by atoms with Crippen LogP contribution in [-0.2, 0) is 15.1 Å². The summed E-state index contributed by atoms with van der Waals surface area (Å²) in [5, 5.41) is 0. The fourth-order valence-corrected chi connectivity index (χ4v) is 5.61. The van der Waals surface area contributed by atoms with Gasteiger partial charge in [-0.25, -0.2) is 0 Å². The van der Waals surface area contributed by atoms with Crippen molar-refractivity contribution in [2.75, 3.05) is 13.2 Å². The normalized spacial score (nSPS) is 11.3. The van der Waals surface area contributed by atoms with Crippen LogP contribution < -0.4 is 0 Å². The van der Waals surface area contributed by atoms with Crippen molar-refractivity contribution in [2.45, 2.75) is 219 Å². The third-order valence-electron chi connectivity index (χ3n) is 8.28. The molecule has 0 saturated carbocycles. The van der Waals surface area contributed by atoms with Crippen LogP contribution >= 0.6 is 0 Å². The summed E-state index contributed by atoms with van der Waals surface area (Å²) < 4.78 is 37.5. The monoisotopic (exact) mass is 645 g/mol. The van der Waals surface area contributed by atoms with Crippen LogP contribution in [0.4, 0.5) is 0 Å². The van der Waals surface area contributed by atoms with Gasteiger partial charge in [-0.3, -0.25) is 9.11 Å². The molecular formula is C36H77NaO5S. The first-order chi connectivity index (χ1) is 20.4. The van der Waals surface area contributed by atoms with Gasteiger partial charge in [-0.05, 0) is 12.8 Å². The molecule has 0 rings (SSSR count). The molecule has 0 aliphatic heterocycles. The second-order valence-corrected chi connectivity index (χ2v) is 13.6. The van der Waals surface area contributed by atoms with Crippen LogP contribution in [0.15, 0.2) is 0 Å². The zero-order chi connectivity index (χ0) is 31.2. The molecule has 0 amide bonds. The molecule has 0 atom stereocenters. The zero-order valence-corrected chi connectivity index (χ0v) is 29.4. The molecule has 258 valence electrons. The summed E-state index contributed by atoms with van der Waals surface area (Å²) in [6.07, 6.45) is 46.0. The first-order valence-corrected chi connectivity index (χ1v) is 20.1. The van der Waals surface area contributed by atoms with E-state index < -0.39 is 10.4 Å². The average Bonchev–Trinajstić information content (AvgIpc) is 2.94. The molecule has 43 heavy (non-hydrogen) atoms. The van der Waals surface area contributed by atoms with Gasteiger partial charge in [0.2, 0.25) is 0 Å². The van der Waals surface area contributed by atoms with Crippen LogP contribution in [0.1, 0.15) is 219 Å². The third-order valence-corrected chi connectivity index (χ3v) is 8.28. The molecule has 0 saturated heterocycles. The third kappa shape index (κ3) is 58.9. The van der Waals surface area contributed by atoms with Gasteiger partial charge in [0.15, 0.2) is 0 Å². The van der Waals surface area contributed by atoms with Crippen molar-refractivity contribution in [3.8, 4) is 0 Å². The van der Waals surface area contributed by atoms with Crippen molar-refractivity contribution in [3.63, 3.8) is 0 Å². The van der Waals surface area contributed by atoms with E-state index in [1.165, 1.54) is 205 Å². The van der Waals surface area contributed by atoms with Gasteiger partial charge in [-0.1, -0.05) is 206 Å². The molecule has 0 aromatic rings. The predicted molar refractivity (Wildman–Crippen MR) is 191 cm³/mol. The molecule has 0 bridgehead atoms. The fraction of sp³-hybridized carbons (Fsp3) is 1.00. The molecule has 0 aliphatic rings. The van der Waals surface area contributed by atoms with Crippen LogP contribution in [0.25, 0.3) is 0 Å². The van der Waals surface area contributed by atoms with E-state index in [-0.39, 0.29) is 29.6 Å². The van der Waals surface area contributed by atoms with Gasteiger partial charge in [-0.15, -0.1) is 0 Å². The molecule has 5 nitrogen and oxygen atoms in total. The molecule has 7 heteroatoms. The predicted octanol–water partition coefficient (Wildman–Crippen LogP) is 12.2. The van der Waals surface area contributed by atoms with Gasteiger partial charge in [0.1, 0.15) is 0 Å². The molecule has 0 radical (unpaired) electrons. The van der Waals surface area contributed by atoms with E-state index in [1.54, 1.807) is 0 Å². The Morgan fingerprint density at radius 2 is 0.488 bits per heavy atom. The van der Waals surface area contributed by atoms with Crippen LogP contribution in [0, 0.1) is 0 Å². The Kier molecular flexibility index (Phi) is 48.0. The molecule has 0 aliphatic carbocycles. The molecule has 2 N–H and O–H groups in total. The first-order valence-electron chi connectivity index (χ1n) is 18.7. The van der Waals surface area contributed by atoms with Crippen LogP contribution in [0.5, 0.6) is 0 Å². The van der Waals surface area contributed by atoms with Crippen molar-refractivity contribution >= 4 is 40.0 Å². The van der Waals surface area contributed by atoms with E-state index in [0.29, 0.717) is 0 Å². The van der Waals surface area contributed by atoms with Gasteiger partial charge >= 0.3 is 40.0 Å². The summed E-state index contributed by atoms with van der Waals surface area (Å²) in [4.78, 5) is 0. The molecule has 0 unspecified atom stereocenters. The van der Waals surface area contributed by atoms with Crippen molar-refractivity contribution in [2.24, 2.45) is 0 Å². The summed E-state index contributed by atoms with van der Waals surface area (Å²) in [7, 11) is -4.67. The van der Waals surface area contributed by atoms with Crippen LogP contribution in [-0.4, -0.2) is 60.3 Å². The number of hydrogen-bond acceptors (Lipinski definition) is 3. The molecule has 0 fully saturated rings. The molecule has 0 aromatic carbocycles. The Balaban J connectivity index is -0.00000244. The Bertz CT molecular complexity index is 532. The molecule has 0 aromatic heterocycles. The molecular weight excluding hydrogens is 567 g/mol. The Morgan fingerprint density at radius 3 is 0.651 bits per heavy atom. The van der Waals surface area contributed by atoms with E-state index in [4.69, 9.17) is 22.3 Å². The molecule has 0 spiro atoms. The second-order valence-electron chi connectivity index (χ2n) is 12.7. The number of unbranched alkanes of at least 4 members (excludes halogenated alkanes) is 30. The van der Waals surface area contributed by atoms with Crippen molar-refractivity contribution in [1.29, 1.82) is 0 Å². The van der Waals surface area contributed by atoms with Crippen molar-refractivity contribution in [1.82, 2.24) is 0 Å². The minimum atomic E-state index is -4.67. The van der Waals surface area contributed by atoms with Gasteiger partial charge in [0.05, 0.1) is 0 Å². The van der Waals surface area contributed by atoms with Gasteiger partial charge in [0.25, 0.3) is 0 Å². The quantitative estimate of drug-likeness (QED) is 0.0413. The van der Waals surface area contributed by atoms with Gasteiger partial charge in [0, 0.05) is 13.2 Å². The van der Waals surface area contributed by atoms with Gasteiger partial charge < -0.3 is 4.74 Å². The topological polar surface area (TPSA) is 83.8 Å². The van der Waals surface area contributed by atoms with Crippen LogP contribution in [0.3, 0.4) is 0 Å². The van der Waals surface area contributed by atoms with Gasteiger partial charge in [-0.2, -0.15) is 8.42 Å². The summed E-state index contributed by atoms with van der Waals surface area (Å²) in [6.45, 7) is 6.60. The maximum atomic E-state index is 8.74. The summed E-state index contributed by atoms with van der Waals surface area (Å²) in [5.74, 6) is 0. The van der Waals surface area contributed by atoms with E-state index in [9.17, 15) is 0 Å². The Morgan fingerprint density at radius 1 is 0.349 bits per heavy atom. The van der Waals surface area contributed by atoms with E-state index >= 15 is 0 Å². The summed E-state index contributed by atoms with van der Waals surface area (Å²) in [6, 6.07) is 0.